The Bertz CT molecular complexity index is 581. The molecule has 0 radical (unpaired) electrons. The fraction of sp³-hybridized carbons (Fsp3) is 0.333. The van der Waals surface area contributed by atoms with Crippen molar-refractivity contribution in [2.75, 3.05) is 13.7 Å². The third kappa shape index (κ3) is 4.50. The van der Waals surface area contributed by atoms with Crippen LogP contribution >= 0.6 is 0 Å². The molecule has 112 valence electrons. The third-order valence-electron chi connectivity index (χ3n) is 3.33. The molecule has 3 heteroatoms. The Balaban J connectivity index is 2.05. The molecule has 3 nitrogen and oxygen atoms in total. The van der Waals surface area contributed by atoms with Crippen molar-refractivity contribution in [3.63, 3.8) is 0 Å². The van der Waals surface area contributed by atoms with Gasteiger partial charge in [0.05, 0.1) is 7.11 Å². The molecule has 2 rings (SSSR count). The van der Waals surface area contributed by atoms with Crippen molar-refractivity contribution < 1.29 is 9.47 Å². The van der Waals surface area contributed by atoms with E-state index >= 15 is 0 Å². The van der Waals surface area contributed by atoms with Gasteiger partial charge >= 0.3 is 0 Å². The van der Waals surface area contributed by atoms with Crippen molar-refractivity contribution >= 4 is 0 Å². The van der Waals surface area contributed by atoms with E-state index < -0.39 is 0 Å². The number of hydrogen-bond donors (Lipinski definition) is 1. The van der Waals surface area contributed by atoms with Gasteiger partial charge in [0, 0.05) is 12.6 Å². The summed E-state index contributed by atoms with van der Waals surface area (Å²) in [4.78, 5) is 0. The molecule has 0 aromatic heterocycles. The Morgan fingerprint density at radius 3 is 2.48 bits per heavy atom. The van der Waals surface area contributed by atoms with Gasteiger partial charge in [-0.05, 0) is 55.3 Å². The highest BCUT2D eigenvalue weighted by Gasteiger charge is 2.03. The number of ether oxygens (including phenoxy) is 2. The van der Waals surface area contributed by atoms with Gasteiger partial charge in [-0.1, -0.05) is 19.1 Å². The number of aryl methyl sites for hydroxylation is 1. The van der Waals surface area contributed by atoms with Gasteiger partial charge in [0.2, 0.25) is 0 Å². The molecule has 0 aliphatic rings. The van der Waals surface area contributed by atoms with Crippen LogP contribution < -0.4 is 14.8 Å². The summed E-state index contributed by atoms with van der Waals surface area (Å²) in [5, 5.41) is 3.42. The molecule has 0 saturated carbocycles. The fourth-order valence-electron chi connectivity index (χ4n) is 2.13. The van der Waals surface area contributed by atoms with Crippen LogP contribution in [0.2, 0.25) is 0 Å². The van der Waals surface area contributed by atoms with Gasteiger partial charge in [-0.15, -0.1) is 0 Å². The summed E-state index contributed by atoms with van der Waals surface area (Å²) in [6, 6.07) is 13.8. The molecule has 1 N–H and O–H groups in total. The van der Waals surface area contributed by atoms with E-state index in [9.17, 15) is 0 Å². The van der Waals surface area contributed by atoms with Crippen LogP contribution in [-0.4, -0.2) is 13.7 Å². The van der Waals surface area contributed by atoms with Crippen molar-refractivity contribution in [1.29, 1.82) is 0 Å². The molecular weight excluding hydrogens is 262 g/mol. The van der Waals surface area contributed by atoms with Crippen LogP contribution in [0.1, 0.15) is 24.5 Å². The Labute approximate surface area is 126 Å². The second-order valence-corrected chi connectivity index (χ2v) is 5.05. The molecule has 2 aromatic carbocycles. The summed E-state index contributed by atoms with van der Waals surface area (Å²) in [6.45, 7) is 6.23. The lowest BCUT2D eigenvalue weighted by molar-refractivity contribution is 0.409. The summed E-state index contributed by atoms with van der Waals surface area (Å²) in [5.41, 5.74) is 2.54. The zero-order valence-electron chi connectivity index (χ0n) is 13.0. The van der Waals surface area contributed by atoms with Crippen molar-refractivity contribution in [2.24, 2.45) is 0 Å². The van der Waals surface area contributed by atoms with Crippen molar-refractivity contribution in [1.82, 2.24) is 5.32 Å². The number of methoxy groups -OCH3 is 1. The molecule has 0 fully saturated rings. The zero-order chi connectivity index (χ0) is 15.1. The Kier molecular flexibility index (Phi) is 5.64. The van der Waals surface area contributed by atoms with Crippen LogP contribution in [0.5, 0.6) is 17.2 Å². The van der Waals surface area contributed by atoms with Gasteiger partial charge in [0.25, 0.3) is 0 Å². The van der Waals surface area contributed by atoms with Crippen LogP contribution in [0.4, 0.5) is 0 Å². The second-order valence-electron chi connectivity index (χ2n) is 5.05. The van der Waals surface area contributed by atoms with Gasteiger partial charge in [0.15, 0.2) is 0 Å². The number of benzene rings is 2. The van der Waals surface area contributed by atoms with Gasteiger partial charge in [-0.25, -0.2) is 0 Å². The van der Waals surface area contributed by atoms with Gasteiger partial charge in [-0.2, -0.15) is 0 Å². The molecule has 0 atom stereocenters. The van der Waals surface area contributed by atoms with Crippen LogP contribution in [0, 0.1) is 6.92 Å². The highest BCUT2D eigenvalue weighted by atomic mass is 16.5. The average molecular weight is 285 g/mol. The predicted molar refractivity (Wildman–Crippen MR) is 86.2 cm³/mol. The Morgan fingerprint density at radius 2 is 1.76 bits per heavy atom. The number of rotatable bonds is 7. The maximum atomic E-state index is 5.88. The van der Waals surface area contributed by atoms with Gasteiger partial charge in [-0.3, -0.25) is 0 Å². The number of hydrogen-bond acceptors (Lipinski definition) is 3. The molecule has 0 saturated heterocycles. The lowest BCUT2D eigenvalue weighted by Crippen LogP contribution is -2.14. The van der Waals surface area contributed by atoms with Crippen molar-refractivity contribution in [3.8, 4) is 17.2 Å². The van der Waals surface area contributed by atoms with Crippen LogP contribution in [0.25, 0.3) is 0 Å². The standard InChI is InChI=1S/C18H23NO2/c1-4-10-19-13-15-8-9-18(11-14(15)2)21-17-7-5-6-16(12-17)20-3/h5-9,11-12,19H,4,10,13H2,1-3H3. The summed E-state index contributed by atoms with van der Waals surface area (Å²) < 4.78 is 11.1. The maximum absolute atomic E-state index is 5.88. The molecule has 21 heavy (non-hydrogen) atoms. The van der Waals surface area contributed by atoms with E-state index in [1.54, 1.807) is 7.11 Å². The molecule has 0 bridgehead atoms. The van der Waals surface area contributed by atoms with E-state index in [-0.39, 0.29) is 0 Å². The van der Waals surface area contributed by atoms with E-state index in [1.807, 2.05) is 30.3 Å². The monoisotopic (exact) mass is 285 g/mol. The van der Waals surface area contributed by atoms with Gasteiger partial charge in [0.1, 0.15) is 17.2 Å². The first-order valence-corrected chi connectivity index (χ1v) is 7.35. The highest BCUT2D eigenvalue weighted by Crippen LogP contribution is 2.26. The first kappa shape index (κ1) is 15.4. The van der Waals surface area contributed by atoms with Gasteiger partial charge < -0.3 is 14.8 Å². The van der Waals surface area contributed by atoms with Crippen molar-refractivity contribution in [2.45, 2.75) is 26.8 Å². The third-order valence-corrected chi connectivity index (χ3v) is 3.33. The molecule has 0 unspecified atom stereocenters. The first-order valence-electron chi connectivity index (χ1n) is 7.35. The zero-order valence-corrected chi connectivity index (χ0v) is 13.0. The molecule has 0 amide bonds. The second kappa shape index (κ2) is 7.70. The smallest absolute Gasteiger partial charge is 0.131 e. The normalized spacial score (nSPS) is 10.4. The quantitative estimate of drug-likeness (QED) is 0.770. The molecular formula is C18H23NO2. The summed E-state index contributed by atoms with van der Waals surface area (Å²) in [7, 11) is 1.65. The average Bonchev–Trinajstić information content (AvgIpc) is 2.50. The number of nitrogens with one attached hydrogen (secondary N) is 1. The lowest BCUT2D eigenvalue weighted by atomic mass is 10.1. The SMILES string of the molecule is CCCNCc1ccc(Oc2cccc(OC)c2)cc1C. The minimum absolute atomic E-state index is 0.783. The van der Waals surface area contributed by atoms with E-state index in [0.717, 1.165) is 36.8 Å². The van der Waals surface area contributed by atoms with E-state index in [2.05, 4.69) is 31.3 Å². The largest absolute Gasteiger partial charge is 0.497 e. The minimum Gasteiger partial charge on any atom is -0.497 e. The maximum Gasteiger partial charge on any atom is 0.131 e. The summed E-state index contributed by atoms with van der Waals surface area (Å²) >= 11 is 0. The Morgan fingerprint density at radius 1 is 1.00 bits per heavy atom. The lowest BCUT2D eigenvalue weighted by Gasteiger charge is -2.11. The first-order chi connectivity index (χ1) is 10.2. The molecule has 0 aliphatic heterocycles. The van der Waals surface area contributed by atoms with Crippen molar-refractivity contribution in [3.05, 3.63) is 53.6 Å². The van der Waals surface area contributed by atoms with E-state index in [0.29, 0.717) is 0 Å². The minimum atomic E-state index is 0.783. The topological polar surface area (TPSA) is 30.5 Å². The molecule has 0 heterocycles. The summed E-state index contributed by atoms with van der Waals surface area (Å²) in [6.07, 6.45) is 1.15. The summed E-state index contributed by atoms with van der Waals surface area (Å²) in [5.74, 6) is 2.43. The highest BCUT2D eigenvalue weighted by molar-refractivity contribution is 5.40. The molecule has 0 spiro atoms. The Hall–Kier alpha value is -2.00. The van der Waals surface area contributed by atoms with Crippen LogP contribution in [-0.2, 0) is 6.54 Å². The fourth-order valence-corrected chi connectivity index (χ4v) is 2.13. The predicted octanol–water partition coefficient (Wildman–Crippen LogP) is 4.30. The molecule has 0 aliphatic carbocycles. The van der Waals surface area contributed by atoms with Crippen LogP contribution in [0.3, 0.4) is 0 Å². The molecule has 2 aromatic rings. The van der Waals surface area contributed by atoms with E-state index in [1.165, 1.54) is 11.1 Å². The van der Waals surface area contributed by atoms with E-state index in [4.69, 9.17) is 9.47 Å². The van der Waals surface area contributed by atoms with Crippen LogP contribution in [0.15, 0.2) is 42.5 Å².